The normalized spacial score (nSPS) is 12.9. The molecule has 142 valence electrons. The Morgan fingerprint density at radius 3 is 1.32 bits per heavy atom. The molecule has 0 amide bonds. The minimum Gasteiger partial charge on any atom is -0.298 e. The summed E-state index contributed by atoms with van der Waals surface area (Å²) in [6, 6.07) is 12.6. The van der Waals surface area contributed by atoms with E-state index in [0.29, 0.717) is 11.1 Å². The van der Waals surface area contributed by atoms with Gasteiger partial charge < -0.3 is 0 Å². The molecule has 4 rings (SSSR count). The Balaban J connectivity index is 2.30. The zero-order chi connectivity index (χ0) is 20.4. The van der Waals surface area contributed by atoms with E-state index in [1.807, 2.05) is 12.1 Å². The van der Waals surface area contributed by atoms with Gasteiger partial charge in [-0.25, -0.2) is 0 Å². The monoisotopic (exact) mass is 370 g/mol. The Kier molecular flexibility index (Phi) is 3.91. The summed E-state index contributed by atoms with van der Waals surface area (Å²) in [5, 5.41) is 6.14. The second-order valence-corrected chi connectivity index (χ2v) is 9.91. The lowest BCUT2D eigenvalue weighted by molar-refractivity contribution is 0.111. The van der Waals surface area contributed by atoms with Crippen molar-refractivity contribution in [2.24, 2.45) is 0 Å². The van der Waals surface area contributed by atoms with E-state index in [0.717, 1.165) is 50.5 Å². The Morgan fingerprint density at radius 1 is 0.571 bits per heavy atom. The number of aldehydes is 2. The Bertz CT molecular complexity index is 1170. The van der Waals surface area contributed by atoms with Gasteiger partial charge in [-0.2, -0.15) is 0 Å². The first-order valence-corrected chi connectivity index (χ1v) is 9.76. The van der Waals surface area contributed by atoms with Crippen LogP contribution in [0.25, 0.3) is 32.3 Å². The molecule has 2 nitrogen and oxygen atoms in total. The number of benzene rings is 4. The Hall–Kier alpha value is -2.74. The lowest BCUT2D eigenvalue weighted by Gasteiger charge is -2.24. The molecule has 28 heavy (non-hydrogen) atoms. The van der Waals surface area contributed by atoms with Crippen LogP contribution in [0.3, 0.4) is 0 Å². The molecule has 0 unspecified atom stereocenters. The van der Waals surface area contributed by atoms with E-state index in [9.17, 15) is 9.59 Å². The fourth-order valence-corrected chi connectivity index (χ4v) is 4.12. The fraction of sp³-hybridized carbons (Fsp3) is 0.308. The van der Waals surface area contributed by atoms with Crippen molar-refractivity contribution in [1.82, 2.24) is 0 Å². The van der Waals surface area contributed by atoms with Gasteiger partial charge in [0, 0.05) is 11.1 Å². The standard InChI is InChI=1S/C26H26O2/c1-25(2,3)19-9-15-7-17(13-27)21-11-20(26(4,5)6)12-22-18(14-28)8-16(10-19)23(15)24(21)22/h7-14H,1-6H3. The largest absolute Gasteiger partial charge is 0.298 e. The maximum absolute atomic E-state index is 12.0. The average Bonchev–Trinajstić information content (AvgIpc) is 2.62. The first-order valence-electron chi connectivity index (χ1n) is 9.76. The van der Waals surface area contributed by atoms with Crippen LogP contribution >= 0.6 is 0 Å². The topological polar surface area (TPSA) is 34.1 Å². The van der Waals surface area contributed by atoms with E-state index >= 15 is 0 Å². The van der Waals surface area contributed by atoms with Crippen molar-refractivity contribution < 1.29 is 9.59 Å². The number of carbonyl (C=O) groups is 2. The third-order valence-corrected chi connectivity index (χ3v) is 5.82. The summed E-state index contributed by atoms with van der Waals surface area (Å²) < 4.78 is 0. The minimum absolute atomic E-state index is 0.0213. The molecular weight excluding hydrogens is 344 g/mol. The highest BCUT2D eigenvalue weighted by Crippen LogP contribution is 2.42. The van der Waals surface area contributed by atoms with E-state index in [-0.39, 0.29) is 10.8 Å². The van der Waals surface area contributed by atoms with Gasteiger partial charge in [0.2, 0.25) is 0 Å². The summed E-state index contributed by atoms with van der Waals surface area (Å²) in [6.45, 7) is 13.0. The quantitative estimate of drug-likeness (QED) is 0.287. The molecule has 0 atom stereocenters. The summed E-state index contributed by atoms with van der Waals surface area (Å²) >= 11 is 0. The molecule has 0 aliphatic carbocycles. The fourth-order valence-electron chi connectivity index (χ4n) is 4.12. The molecule has 2 heteroatoms. The van der Waals surface area contributed by atoms with Crippen molar-refractivity contribution in [3.63, 3.8) is 0 Å². The highest BCUT2D eigenvalue weighted by atomic mass is 16.1. The highest BCUT2D eigenvalue weighted by Gasteiger charge is 2.22. The Morgan fingerprint density at radius 2 is 0.964 bits per heavy atom. The number of carbonyl (C=O) groups excluding carboxylic acids is 2. The molecule has 0 saturated carbocycles. The molecule has 0 saturated heterocycles. The van der Waals surface area contributed by atoms with Crippen LogP contribution in [0.2, 0.25) is 0 Å². The molecule has 0 aromatic heterocycles. The van der Waals surface area contributed by atoms with Gasteiger partial charge in [0.05, 0.1) is 0 Å². The van der Waals surface area contributed by atoms with Crippen LogP contribution in [0.1, 0.15) is 73.4 Å². The summed E-state index contributed by atoms with van der Waals surface area (Å²) in [6.07, 6.45) is 1.88. The predicted molar refractivity (Wildman–Crippen MR) is 118 cm³/mol. The zero-order valence-electron chi connectivity index (χ0n) is 17.4. The highest BCUT2D eigenvalue weighted by molar-refractivity contribution is 6.28. The van der Waals surface area contributed by atoms with Gasteiger partial charge in [0.1, 0.15) is 0 Å². The van der Waals surface area contributed by atoms with E-state index in [2.05, 4.69) is 65.8 Å². The predicted octanol–water partition coefficient (Wildman–Crippen LogP) is 6.80. The number of rotatable bonds is 2. The van der Waals surface area contributed by atoms with Gasteiger partial charge in [-0.05, 0) is 78.5 Å². The van der Waals surface area contributed by atoms with Crippen molar-refractivity contribution in [2.75, 3.05) is 0 Å². The van der Waals surface area contributed by atoms with Crippen molar-refractivity contribution >= 4 is 44.9 Å². The second-order valence-electron chi connectivity index (χ2n) is 9.91. The third-order valence-electron chi connectivity index (χ3n) is 5.82. The SMILES string of the molecule is CC(C)(C)c1cc2cc(C=O)c3cc(C(C)(C)C)cc4c(C=O)cc(c1)c2c34. The van der Waals surface area contributed by atoms with Crippen LogP contribution in [-0.2, 0) is 10.8 Å². The van der Waals surface area contributed by atoms with Crippen LogP contribution in [0.5, 0.6) is 0 Å². The van der Waals surface area contributed by atoms with Crippen LogP contribution in [0.4, 0.5) is 0 Å². The van der Waals surface area contributed by atoms with Crippen molar-refractivity contribution in [3.05, 3.63) is 58.7 Å². The molecule has 0 heterocycles. The van der Waals surface area contributed by atoms with Gasteiger partial charge in [-0.3, -0.25) is 9.59 Å². The third kappa shape index (κ3) is 2.71. The molecule has 4 aromatic carbocycles. The maximum Gasteiger partial charge on any atom is 0.150 e. The smallest absolute Gasteiger partial charge is 0.150 e. The van der Waals surface area contributed by atoms with Gasteiger partial charge in [-0.15, -0.1) is 0 Å². The molecule has 0 bridgehead atoms. The maximum atomic E-state index is 12.0. The van der Waals surface area contributed by atoms with E-state index in [4.69, 9.17) is 0 Å². The Labute approximate surface area is 165 Å². The van der Waals surface area contributed by atoms with Crippen LogP contribution in [0, 0.1) is 0 Å². The van der Waals surface area contributed by atoms with Crippen LogP contribution in [0.15, 0.2) is 36.4 Å². The molecular formula is C26H26O2. The van der Waals surface area contributed by atoms with Crippen LogP contribution in [-0.4, -0.2) is 12.6 Å². The molecule has 0 fully saturated rings. The molecule has 0 aliphatic heterocycles. The molecule has 0 radical (unpaired) electrons. The zero-order valence-corrected chi connectivity index (χ0v) is 17.4. The number of hydrogen-bond acceptors (Lipinski definition) is 2. The summed E-state index contributed by atoms with van der Waals surface area (Å²) in [5.41, 5.74) is 3.58. The summed E-state index contributed by atoms with van der Waals surface area (Å²) in [4.78, 5) is 24.0. The molecule has 0 aliphatic rings. The summed E-state index contributed by atoms with van der Waals surface area (Å²) in [5.74, 6) is 0. The number of hydrogen-bond donors (Lipinski definition) is 0. The van der Waals surface area contributed by atoms with E-state index < -0.39 is 0 Å². The minimum atomic E-state index is -0.0792. The van der Waals surface area contributed by atoms with Crippen molar-refractivity contribution in [1.29, 1.82) is 0 Å². The van der Waals surface area contributed by atoms with Gasteiger partial charge >= 0.3 is 0 Å². The second kappa shape index (κ2) is 5.88. The van der Waals surface area contributed by atoms with Gasteiger partial charge in [0.15, 0.2) is 12.6 Å². The van der Waals surface area contributed by atoms with Crippen molar-refractivity contribution in [2.45, 2.75) is 52.4 Å². The lowest BCUT2D eigenvalue weighted by atomic mass is 9.79. The lowest BCUT2D eigenvalue weighted by Crippen LogP contribution is -2.12. The van der Waals surface area contributed by atoms with E-state index in [1.54, 1.807) is 0 Å². The van der Waals surface area contributed by atoms with Gasteiger partial charge in [-0.1, -0.05) is 53.7 Å². The first kappa shape index (κ1) is 18.6. The van der Waals surface area contributed by atoms with Crippen LogP contribution < -0.4 is 0 Å². The molecule has 4 aromatic rings. The molecule has 0 N–H and O–H groups in total. The molecule has 0 spiro atoms. The first-order chi connectivity index (χ1) is 13.0. The average molecular weight is 370 g/mol. The van der Waals surface area contributed by atoms with Gasteiger partial charge in [0.25, 0.3) is 0 Å². The van der Waals surface area contributed by atoms with Crippen molar-refractivity contribution in [3.8, 4) is 0 Å². The van der Waals surface area contributed by atoms with E-state index in [1.165, 1.54) is 5.56 Å². The summed E-state index contributed by atoms with van der Waals surface area (Å²) in [7, 11) is 0.